The molecule has 0 spiro atoms. The maximum absolute atomic E-state index is 11.4. The fourth-order valence-corrected chi connectivity index (χ4v) is 6.44. The number of hydrogen-bond acceptors (Lipinski definition) is 0. The van der Waals surface area contributed by atoms with Crippen LogP contribution in [0.3, 0.4) is 0 Å². The SMILES string of the molecule is CCCCC1=C(c2cccc(CCCC)c2)[N+](=[N-])C(c2cccc(CCCC)c2)=C1C.[CH2-]CCCCCCCC.[CH2-]CCCCCCCC.[Ni+2]. The summed E-state index contributed by atoms with van der Waals surface area (Å²) in [6, 6.07) is 17.5. The summed E-state index contributed by atoms with van der Waals surface area (Å²) in [4.78, 5) is 0. The van der Waals surface area contributed by atoms with E-state index in [1.54, 1.807) is 0 Å². The smallest absolute Gasteiger partial charge is 0.493 e. The molecule has 0 unspecified atom stereocenters. The number of hydrogen-bond donors (Lipinski definition) is 0. The van der Waals surface area contributed by atoms with Crippen molar-refractivity contribution in [3.63, 3.8) is 0 Å². The molecule has 1 heterocycles. The minimum Gasteiger partial charge on any atom is -0.493 e. The molecule has 0 atom stereocenters. The molecule has 2 nitrogen and oxygen atoms in total. The second-order valence-corrected chi connectivity index (χ2v) is 14.1. The zero-order valence-corrected chi connectivity index (χ0v) is 34.5. The van der Waals surface area contributed by atoms with Crippen molar-refractivity contribution in [2.45, 2.75) is 189 Å². The molecule has 0 bridgehead atoms. The minimum absolute atomic E-state index is 0. The van der Waals surface area contributed by atoms with Gasteiger partial charge in [0.1, 0.15) is 0 Å². The molecule has 0 fully saturated rings. The van der Waals surface area contributed by atoms with Crippen LogP contribution in [0.2, 0.25) is 0 Å². The predicted octanol–water partition coefficient (Wildman–Crippen LogP) is 15.9. The van der Waals surface area contributed by atoms with E-state index in [2.05, 4.69) is 104 Å². The van der Waals surface area contributed by atoms with Gasteiger partial charge in [0.2, 0.25) is 11.4 Å². The Hall–Kier alpha value is -1.99. The van der Waals surface area contributed by atoms with Crippen molar-refractivity contribution in [3.8, 4) is 0 Å². The van der Waals surface area contributed by atoms with Gasteiger partial charge in [-0.3, -0.25) is 0 Å². The van der Waals surface area contributed by atoms with Crippen LogP contribution >= 0.6 is 0 Å². The second kappa shape index (κ2) is 31.7. The van der Waals surface area contributed by atoms with Crippen molar-refractivity contribution in [1.82, 2.24) is 0 Å². The molecule has 0 aliphatic carbocycles. The van der Waals surface area contributed by atoms with Gasteiger partial charge in [-0.15, -0.1) is 0 Å². The standard InChI is InChI=1S/C29H38N2.2C9H19.Ni/c1-5-8-13-23-15-11-17-25(20-23)28-22(4)27(19-10-7-3)29(31(28)30)26-18-12-16-24(21-26)14-9-6-2;2*1-3-5-7-9-8-6-4-2;/h11-12,15-18,20-21H,5-10,13-14,19H2,1-4H3;2*1,3-9H2,2H3;/q;2*-1;+2. The molecule has 2 aromatic rings. The van der Waals surface area contributed by atoms with Gasteiger partial charge >= 0.3 is 16.5 Å². The number of allylic oxidation sites excluding steroid dienone is 2. The van der Waals surface area contributed by atoms with Gasteiger partial charge in [0.25, 0.3) is 0 Å². The summed E-state index contributed by atoms with van der Waals surface area (Å²) in [5.74, 6) is 0. The van der Waals surface area contributed by atoms with Gasteiger partial charge in [-0.05, 0) is 80.8 Å². The molecule has 0 amide bonds. The van der Waals surface area contributed by atoms with E-state index in [1.165, 1.54) is 130 Å². The van der Waals surface area contributed by atoms with E-state index in [4.69, 9.17) is 0 Å². The summed E-state index contributed by atoms with van der Waals surface area (Å²) in [6.45, 7) is 21.0. The first kappa shape index (κ1) is 48.0. The Kier molecular flexibility index (Phi) is 30.5. The summed E-state index contributed by atoms with van der Waals surface area (Å²) in [5.41, 5.74) is 20.8. The van der Waals surface area contributed by atoms with Crippen LogP contribution in [0.15, 0.2) is 59.7 Å². The molecule has 0 saturated heterocycles. The first-order valence-electron chi connectivity index (χ1n) is 20.6. The van der Waals surface area contributed by atoms with Crippen LogP contribution < -0.4 is 0 Å². The Balaban J connectivity index is 0.00000104. The molecule has 0 saturated carbocycles. The average Bonchev–Trinajstić information content (AvgIpc) is 3.37. The van der Waals surface area contributed by atoms with Crippen LogP contribution in [0.5, 0.6) is 0 Å². The topological polar surface area (TPSA) is 25.3 Å². The summed E-state index contributed by atoms with van der Waals surface area (Å²) < 4.78 is 1.47. The van der Waals surface area contributed by atoms with Crippen molar-refractivity contribution in [2.75, 3.05) is 0 Å². The number of benzene rings is 2. The van der Waals surface area contributed by atoms with Crippen LogP contribution in [-0.2, 0) is 29.3 Å². The van der Waals surface area contributed by atoms with Gasteiger partial charge < -0.3 is 19.4 Å². The molecule has 2 aromatic carbocycles. The Bertz CT molecular complexity index is 1180. The van der Waals surface area contributed by atoms with Crippen molar-refractivity contribution in [1.29, 1.82) is 0 Å². The van der Waals surface area contributed by atoms with Crippen molar-refractivity contribution in [3.05, 3.63) is 101 Å². The molecule has 284 valence electrons. The van der Waals surface area contributed by atoms with Crippen molar-refractivity contribution in [2.24, 2.45) is 0 Å². The Morgan fingerprint density at radius 3 is 1.30 bits per heavy atom. The van der Waals surface area contributed by atoms with E-state index >= 15 is 0 Å². The minimum atomic E-state index is 0. The quantitative estimate of drug-likeness (QED) is 0.0471. The maximum Gasteiger partial charge on any atom is 2.00 e. The van der Waals surface area contributed by atoms with E-state index in [-0.39, 0.29) is 16.5 Å². The number of rotatable bonds is 23. The summed E-state index contributed by atoms with van der Waals surface area (Å²) in [5, 5.41) is 0. The molecule has 0 aromatic heterocycles. The number of unbranched alkanes of at least 4 members (excludes halogenated alkanes) is 15. The average molecular weight is 728 g/mol. The molecular weight excluding hydrogens is 651 g/mol. The van der Waals surface area contributed by atoms with E-state index in [1.807, 2.05) is 0 Å². The zero-order chi connectivity index (χ0) is 36.1. The molecule has 0 radical (unpaired) electrons. The molecular formula is C47H76N2Ni. The first-order chi connectivity index (χ1) is 23.9. The van der Waals surface area contributed by atoms with Crippen LogP contribution in [0.4, 0.5) is 0 Å². The van der Waals surface area contributed by atoms with Gasteiger partial charge in [0.05, 0.1) is 0 Å². The molecule has 1 aliphatic rings. The zero-order valence-electron chi connectivity index (χ0n) is 33.5. The molecule has 3 rings (SSSR count). The fourth-order valence-electron chi connectivity index (χ4n) is 6.44. The Labute approximate surface area is 321 Å². The molecule has 3 heteroatoms. The summed E-state index contributed by atoms with van der Waals surface area (Å²) >= 11 is 0. The largest absolute Gasteiger partial charge is 2.00 e. The number of aryl methyl sites for hydroxylation is 2. The van der Waals surface area contributed by atoms with E-state index in [9.17, 15) is 5.53 Å². The van der Waals surface area contributed by atoms with Crippen LogP contribution in [-0.4, -0.2) is 4.70 Å². The molecule has 50 heavy (non-hydrogen) atoms. The summed E-state index contributed by atoms with van der Waals surface area (Å²) in [6.07, 6.45) is 29.1. The third-order valence-corrected chi connectivity index (χ3v) is 9.54. The van der Waals surface area contributed by atoms with Crippen molar-refractivity contribution >= 4 is 11.4 Å². The molecule has 1 aliphatic heterocycles. The predicted molar refractivity (Wildman–Crippen MR) is 219 cm³/mol. The van der Waals surface area contributed by atoms with Gasteiger partial charge in [-0.1, -0.05) is 155 Å². The third kappa shape index (κ3) is 19.0. The maximum atomic E-state index is 11.4. The first-order valence-corrected chi connectivity index (χ1v) is 20.6. The molecule has 0 N–H and O–H groups in total. The van der Waals surface area contributed by atoms with E-state index in [0.717, 1.165) is 67.5 Å². The summed E-state index contributed by atoms with van der Waals surface area (Å²) in [7, 11) is 0. The van der Waals surface area contributed by atoms with Gasteiger partial charge in [0.15, 0.2) is 0 Å². The third-order valence-electron chi connectivity index (χ3n) is 9.54. The fraction of sp³-hybridized carbons (Fsp3) is 0.617. The monoisotopic (exact) mass is 727 g/mol. The Morgan fingerprint density at radius 2 is 0.880 bits per heavy atom. The second-order valence-electron chi connectivity index (χ2n) is 14.1. The van der Waals surface area contributed by atoms with E-state index in [0.29, 0.717) is 0 Å². The normalized spacial score (nSPS) is 12.4. The van der Waals surface area contributed by atoms with Crippen LogP contribution in [0.1, 0.15) is 199 Å². The van der Waals surface area contributed by atoms with Gasteiger partial charge in [-0.2, -0.15) is 12.8 Å². The number of nitrogens with zero attached hydrogens (tertiary/aromatic N) is 2. The van der Waals surface area contributed by atoms with Gasteiger partial charge in [0, 0.05) is 22.3 Å². The van der Waals surface area contributed by atoms with E-state index < -0.39 is 0 Å². The van der Waals surface area contributed by atoms with Crippen LogP contribution in [0.25, 0.3) is 16.9 Å². The van der Waals surface area contributed by atoms with Crippen LogP contribution in [0, 0.1) is 13.8 Å². The van der Waals surface area contributed by atoms with Gasteiger partial charge in [-0.25, -0.2) is 4.70 Å². The Morgan fingerprint density at radius 1 is 0.500 bits per heavy atom. The van der Waals surface area contributed by atoms with Crippen molar-refractivity contribution < 1.29 is 21.2 Å².